The van der Waals surface area contributed by atoms with E-state index in [1.165, 1.54) is 55.6 Å². The molecule has 0 spiro atoms. The minimum absolute atomic E-state index is 0.0992. The molecule has 0 aromatic heterocycles. The van der Waals surface area contributed by atoms with Crippen molar-refractivity contribution >= 4 is 29.8 Å². The highest BCUT2D eigenvalue weighted by atomic mass is 16.7. The largest absolute Gasteiger partial charge is 0.459 e. The van der Waals surface area contributed by atoms with Gasteiger partial charge in [0, 0.05) is 7.11 Å². The third-order valence-electron chi connectivity index (χ3n) is 8.55. The molecular formula is C43H36O12. The van der Waals surface area contributed by atoms with Gasteiger partial charge in [-0.25, -0.2) is 24.0 Å². The summed E-state index contributed by atoms with van der Waals surface area (Å²) in [6.45, 7) is -0.585. The van der Waals surface area contributed by atoms with E-state index in [4.69, 9.17) is 33.2 Å². The van der Waals surface area contributed by atoms with Crippen molar-refractivity contribution in [3.05, 3.63) is 179 Å². The van der Waals surface area contributed by atoms with E-state index in [0.717, 1.165) is 0 Å². The average Bonchev–Trinajstić information content (AvgIpc) is 3.34. The Balaban J connectivity index is 1.48. The maximum Gasteiger partial charge on any atom is 0.338 e. The van der Waals surface area contributed by atoms with E-state index in [0.29, 0.717) is 0 Å². The minimum Gasteiger partial charge on any atom is -0.459 e. The molecular weight excluding hydrogens is 708 g/mol. The van der Waals surface area contributed by atoms with E-state index < -0.39 is 73.3 Å². The van der Waals surface area contributed by atoms with E-state index in [1.54, 1.807) is 103 Å². The molecule has 5 aromatic rings. The second-order valence-electron chi connectivity index (χ2n) is 12.2. The Labute approximate surface area is 316 Å². The van der Waals surface area contributed by atoms with Crippen LogP contribution in [-0.4, -0.2) is 80.4 Å². The molecule has 1 fully saturated rings. The Morgan fingerprint density at radius 3 is 1.05 bits per heavy atom. The predicted molar refractivity (Wildman–Crippen MR) is 195 cm³/mol. The summed E-state index contributed by atoms with van der Waals surface area (Å²) in [7, 11) is 1.25. The van der Waals surface area contributed by atoms with Gasteiger partial charge in [-0.05, 0) is 60.7 Å². The summed E-state index contributed by atoms with van der Waals surface area (Å²) in [4.78, 5) is 68.5. The third kappa shape index (κ3) is 9.68. The summed E-state index contributed by atoms with van der Waals surface area (Å²) in [5.74, 6) is -4.29. The first kappa shape index (κ1) is 38.1. The van der Waals surface area contributed by atoms with Crippen LogP contribution in [0.4, 0.5) is 0 Å². The fraction of sp³-hybridized carbons (Fsp3) is 0.186. The zero-order valence-electron chi connectivity index (χ0n) is 29.5. The molecule has 6 atom stereocenters. The molecule has 1 saturated heterocycles. The number of benzene rings is 5. The highest BCUT2D eigenvalue weighted by molar-refractivity contribution is 5.92. The Morgan fingerprint density at radius 2 is 0.709 bits per heavy atom. The molecule has 280 valence electrons. The maximum atomic E-state index is 13.9. The molecule has 0 saturated carbocycles. The molecule has 12 nitrogen and oxygen atoms in total. The van der Waals surface area contributed by atoms with Crippen LogP contribution in [0.5, 0.6) is 0 Å². The van der Waals surface area contributed by atoms with Gasteiger partial charge in [-0.1, -0.05) is 91.0 Å². The smallest absolute Gasteiger partial charge is 0.338 e. The number of hydrogen-bond donors (Lipinski definition) is 0. The van der Waals surface area contributed by atoms with Gasteiger partial charge in [0.1, 0.15) is 12.7 Å². The summed E-state index contributed by atoms with van der Waals surface area (Å²) in [6, 6.07) is 39.9. The van der Waals surface area contributed by atoms with E-state index in [-0.39, 0.29) is 27.8 Å². The molecule has 55 heavy (non-hydrogen) atoms. The van der Waals surface area contributed by atoms with Crippen LogP contribution in [0.1, 0.15) is 51.8 Å². The third-order valence-corrected chi connectivity index (χ3v) is 8.55. The van der Waals surface area contributed by atoms with Gasteiger partial charge in [0.25, 0.3) is 0 Å². The second kappa shape index (κ2) is 18.4. The van der Waals surface area contributed by atoms with Crippen LogP contribution in [0.25, 0.3) is 0 Å². The van der Waals surface area contributed by atoms with Gasteiger partial charge < -0.3 is 33.2 Å². The van der Waals surface area contributed by atoms with Crippen LogP contribution >= 0.6 is 0 Å². The molecule has 1 aliphatic rings. The molecule has 0 amide bonds. The first-order valence-electron chi connectivity index (χ1n) is 17.3. The van der Waals surface area contributed by atoms with Gasteiger partial charge in [-0.3, -0.25) is 0 Å². The molecule has 0 radical (unpaired) electrons. The summed E-state index contributed by atoms with van der Waals surface area (Å²) in [5, 5.41) is 0. The molecule has 0 N–H and O–H groups in total. The lowest BCUT2D eigenvalue weighted by Gasteiger charge is -2.34. The Bertz CT molecular complexity index is 2040. The summed E-state index contributed by atoms with van der Waals surface area (Å²) in [5.41, 5.74) is 0.672. The zero-order valence-corrected chi connectivity index (χ0v) is 29.5. The number of methoxy groups -OCH3 is 1. The monoisotopic (exact) mass is 744 g/mol. The quantitative estimate of drug-likeness (QED) is 0.107. The topological polar surface area (TPSA) is 150 Å². The standard InChI is InChI=1S/C43H36O12/c1-49-43-37(55-42(48)32-25-15-6-16-26-32)36(54-41(47)31-23-13-5-14-24-31)35(53-40(46)30-21-11-4-12-22-30)34(52-39(45)29-19-9-3-10-20-29)33(51-43)27-50-38(44)28-17-7-2-8-18-28/h2-26,33-37,43H,27H2,1H3/t33-,34-,35+,36-,37-,43-/m1/s1. The normalized spacial score (nSPS) is 20.5. The highest BCUT2D eigenvalue weighted by Gasteiger charge is 2.55. The van der Waals surface area contributed by atoms with Gasteiger partial charge in [0.05, 0.1) is 27.8 Å². The lowest BCUT2D eigenvalue weighted by Crippen LogP contribution is -2.54. The van der Waals surface area contributed by atoms with Crippen LogP contribution in [-0.2, 0) is 33.2 Å². The first-order valence-corrected chi connectivity index (χ1v) is 17.3. The van der Waals surface area contributed by atoms with Crippen molar-refractivity contribution in [3.8, 4) is 0 Å². The van der Waals surface area contributed by atoms with Gasteiger partial charge in [0.15, 0.2) is 30.7 Å². The van der Waals surface area contributed by atoms with Crippen LogP contribution in [0.3, 0.4) is 0 Å². The van der Waals surface area contributed by atoms with Crippen molar-refractivity contribution in [1.82, 2.24) is 0 Å². The lowest BCUT2D eigenvalue weighted by molar-refractivity contribution is -0.222. The van der Waals surface area contributed by atoms with Crippen molar-refractivity contribution in [2.75, 3.05) is 13.7 Å². The lowest BCUT2D eigenvalue weighted by atomic mass is 9.99. The van der Waals surface area contributed by atoms with Crippen molar-refractivity contribution in [3.63, 3.8) is 0 Å². The SMILES string of the molecule is CO[C@@H]1O[C@H](COC(=O)c2ccccc2)[C@@H](OC(=O)c2ccccc2)[C@H](OC(=O)c2ccccc2)[C@@H](OC(=O)c2ccccc2)[C@H]1OC(=O)c1ccccc1. The average molecular weight is 745 g/mol. The van der Waals surface area contributed by atoms with Crippen LogP contribution in [0, 0.1) is 0 Å². The van der Waals surface area contributed by atoms with Crippen LogP contribution < -0.4 is 0 Å². The van der Waals surface area contributed by atoms with Gasteiger partial charge in [-0.2, -0.15) is 0 Å². The van der Waals surface area contributed by atoms with Crippen LogP contribution in [0.15, 0.2) is 152 Å². The molecule has 0 aliphatic carbocycles. The first-order chi connectivity index (χ1) is 26.8. The van der Waals surface area contributed by atoms with E-state index >= 15 is 0 Å². The number of esters is 5. The molecule has 6 rings (SSSR count). The molecule has 0 unspecified atom stereocenters. The maximum absolute atomic E-state index is 13.9. The second-order valence-corrected chi connectivity index (χ2v) is 12.2. The highest BCUT2D eigenvalue weighted by Crippen LogP contribution is 2.33. The molecule has 5 aromatic carbocycles. The Kier molecular flexibility index (Phi) is 12.8. The summed E-state index contributed by atoms with van der Waals surface area (Å²) in [6.07, 6.45) is -9.87. The predicted octanol–water partition coefficient (Wildman–Crippen LogP) is 6.12. The molecule has 0 bridgehead atoms. The van der Waals surface area contributed by atoms with Crippen molar-refractivity contribution < 1.29 is 57.1 Å². The van der Waals surface area contributed by atoms with Gasteiger partial charge in [0.2, 0.25) is 0 Å². The number of rotatable bonds is 12. The Hall–Kier alpha value is -6.63. The summed E-state index contributed by atoms with van der Waals surface area (Å²) < 4.78 is 42.1. The van der Waals surface area contributed by atoms with Gasteiger partial charge in [-0.15, -0.1) is 0 Å². The van der Waals surface area contributed by atoms with Crippen molar-refractivity contribution in [2.24, 2.45) is 0 Å². The Morgan fingerprint density at radius 1 is 0.418 bits per heavy atom. The van der Waals surface area contributed by atoms with Crippen LogP contribution in [0.2, 0.25) is 0 Å². The summed E-state index contributed by atoms with van der Waals surface area (Å²) >= 11 is 0. The molecule has 1 heterocycles. The minimum atomic E-state index is -1.76. The fourth-order valence-electron chi connectivity index (χ4n) is 5.80. The fourth-order valence-corrected chi connectivity index (χ4v) is 5.80. The number of ether oxygens (including phenoxy) is 7. The molecule has 1 aliphatic heterocycles. The molecule has 12 heteroatoms. The van der Waals surface area contributed by atoms with Crippen molar-refractivity contribution in [2.45, 2.75) is 36.8 Å². The number of carbonyl (C=O) groups is 5. The van der Waals surface area contributed by atoms with E-state index in [9.17, 15) is 24.0 Å². The van der Waals surface area contributed by atoms with Crippen molar-refractivity contribution in [1.29, 1.82) is 0 Å². The van der Waals surface area contributed by atoms with E-state index in [1.807, 2.05) is 0 Å². The zero-order chi connectivity index (χ0) is 38.6. The van der Waals surface area contributed by atoms with E-state index in [2.05, 4.69) is 0 Å². The number of hydrogen-bond acceptors (Lipinski definition) is 12. The number of carbonyl (C=O) groups excluding carboxylic acids is 5. The van der Waals surface area contributed by atoms with Gasteiger partial charge >= 0.3 is 29.8 Å².